The van der Waals surface area contributed by atoms with Crippen LogP contribution in [0.4, 0.5) is 0 Å². The molecule has 2 aliphatic heterocycles. The number of rotatable bonds is 3. The van der Waals surface area contributed by atoms with Crippen molar-refractivity contribution >= 4 is 27.3 Å². The number of sulfonamides is 1. The highest BCUT2D eigenvalue weighted by molar-refractivity contribution is 7.89. The molecule has 3 aliphatic rings. The summed E-state index contributed by atoms with van der Waals surface area (Å²) >= 11 is 6.01. The fourth-order valence-corrected chi connectivity index (χ4v) is 7.83. The average molecular weight is 477 g/mol. The van der Waals surface area contributed by atoms with E-state index in [1.54, 1.807) is 28.6 Å². The first-order chi connectivity index (χ1) is 16.0. The van der Waals surface area contributed by atoms with Gasteiger partial charge in [0.05, 0.1) is 22.3 Å². The van der Waals surface area contributed by atoms with Gasteiger partial charge in [-0.05, 0) is 48.9 Å². The van der Waals surface area contributed by atoms with Crippen molar-refractivity contribution in [2.24, 2.45) is 5.41 Å². The van der Waals surface area contributed by atoms with Gasteiger partial charge in [0.2, 0.25) is 10.0 Å². The van der Waals surface area contributed by atoms with Crippen molar-refractivity contribution in [3.63, 3.8) is 0 Å². The van der Waals surface area contributed by atoms with Gasteiger partial charge < -0.3 is 0 Å². The summed E-state index contributed by atoms with van der Waals surface area (Å²) in [6.07, 6.45) is 5.50. The molecule has 1 saturated carbocycles. The normalized spacial score (nSPS) is 23.2. The van der Waals surface area contributed by atoms with E-state index in [4.69, 9.17) is 16.7 Å². The van der Waals surface area contributed by atoms with Gasteiger partial charge in [0.15, 0.2) is 5.65 Å². The van der Waals surface area contributed by atoms with Crippen LogP contribution in [-0.2, 0) is 16.4 Å². The largest absolute Gasteiger partial charge is 0.243 e. The van der Waals surface area contributed by atoms with E-state index in [0.29, 0.717) is 16.3 Å². The molecule has 2 fully saturated rings. The van der Waals surface area contributed by atoms with Crippen LogP contribution in [-0.4, -0.2) is 33.4 Å². The lowest BCUT2D eigenvalue weighted by Crippen LogP contribution is -2.44. The lowest BCUT2D eigenvalue weighted by atomic mass is 9.95. The molecule has 8 heteroatoms. The summed E-state index contributed by atoms with van der Waals surface area (Å²) in [6, 6.07) is 18.3. The maximum absolute atomic E-state index is 13.8. The SMILES string of the molecule is O=S(=O)(c1ccc(Cl)cc1)N1C2CC3(CC3)C1Cc1c2cnc2cc(-c3ccccc3)nn12. The van der Waals surface area contributed by atoms with Crippen LogP contribution < -0.4 is 0 Å². The van der Waals surface area contributed by atoms with Gasteiger partial charge in [0.1, 0.15) is 0 Å². The summed E-state index contributed by atoms with van der Waals surface area (Å²) in [7, 11) is -3.66. The summed E-state index contributed by atoms with van der Waals surface area (Å²) in [5.41, 5.74) is 4.84. The molecule has 1 saturated heterocycles. The van der Waals surface area contributed by atoms with Gasteiger partial charge in [-0.1, -0.05) is 41.9 Å². The Morgan fingerprint density at radius 1 is 1.03 bits per heavy atom. The predicted molar refractivity (Wildman–Crippen MR) is 125 cm³/mol. The van der Waals surface area contributed by atoms with Gasteiger partial charge in [-0.25, -0.2) is 17.9 Å². The summed E-state index contributed by atoms with van der Waals surface area (Å²) in [6.45, 7) is 0. The molecule has 1 spiro atoms. The van der Waals surface area contributed by atoms with Crippen molar-refractivity contribution in [1.29, 1.82) is 0 Å². The molecule has 6 nitrogen and oxygen atoms in total. The number of fused-ring (bicyclic) bond motifs is 7. The zero-order valence-electron chi connectivity index (χ0n) is 17.7. The van der Waals surface area contributed by atoms with Crippen LogP contribution in [0.3, 0.4) is 0 Å². The Morgan fingerprint density at radius 3 is 2.52 bits per heavy atom. The van der Waals surface area contributed by atoms with Gasteiger partial charge in [-0.3, -0.25) is 0 Å². The van der Waals surface area contributed by atoms with Gasteiger partial charge in [-0.15, -0.1) is 0 Å². The molecule has 7 rings (SSSR count). The van der Waals surface area contributed by atoms with E-state index in [-0.39, 0.29) is 17.5 Å². The second-order valence-electron chi connectivity index (χ2n) is 9.42. The third kappa shape index (κ3) is 2.79. The van der Waals surface area contributed by atoms with Gasteiger partial charge in [0, 0.05) is 40.9 Å². The van der Waals surface area contributed by atoms with E-state index in [1.165, 1.54) is 0 Å². The molecule has 2 aromatic carbocycles. The maximum Gasteiger partial charge on any atom is 0.243 e. The van der Waals surface area contributed by atoms with Crippen LogP contribution in [0.5, 0.6) is 0 Å². The molecule has 166 valence electrons. The Morgan fingerprint density at radius 2 is 1.79 bits per heavy atom. The van der Waals surface area contributed by atoms with E-state index in [9.17, 15) is 8.42 Å². The Labute approximate surface area is 196 Å². The molecule has 0 amide bonds. The summed E-state index contributed by atoms with van der Waals surface area (Å²) in [5.74, 6) is 0. The predicted octanol–water partition coefficient (Wildman–Crippen LogP) is 4.89. The topological polar surface area (TPSA) is 67.6 Å². The van der Waals surface area contributed by atoms with Crippen LogP contribution in [0.25, 0.3) is 16.9 Å². The first-order valence-corrected chi connectivity index (χ1v) is 13.0. The van der Waals surface area contributed by atoms with E-state index in [1.807, 2.05) is 47.1 Å². The Bertz CT molecular complexity index is 1510. The number of benzene rings is 2. The maximum atomic E-state index is 13.8. The van der Waals surface area contributed by atoms with Crippen molar-refractivity contribution in [3.8, 4) is 11.3 Å². The Kier molecular flexibility index (Phi) is 3.97. The highest BCUT2D eigenvalue weighted by Crippen LogP contribution is 2.66. The van der Waals surface area contributed by atoms with E-state index in [0.717, 1.165) is 47.4 Å². The van der Waals surface area contributed by atoms with Gasteiger partial charge in [-0.2, -0.15) is 9.40 Å². The van der Waals surface area contributed by atoms with Crippen molar-refractivity contribution in [3.05, 3.63) is 83.1 Å². The zero-order valence-corrected chi connectivity index (χ0v) is 19.3. The molecular weight excluding hydrogens is 456 g/mol. The molecule has 0 N–H and O–H groups in total. The Balaban J connectivity index is 1.37. The van der Waals surface area contributed by atoms with Crippen LogP contribution in [0.2, 0.25) is 5.02 Å². The Hall–Kier alpha value is -2.74. The average Bonchev–Trinajstić information content (AvgIpc) is 3.39. The third-order valence-electron chi connectivity index (χ3n) is 7.63. The molecular formula is C25H21ClN4O2S. The highest BCUT2D eigenvalue weighted by atomic mass is 35.5. The standard InChI is InChI=1S/C25H21ClN4O2S/c26-17-6-8-18(9-7-17)33(31,32)30-22-14-25(10-11-25)23(30)13-21-19(22)15-27-24-12-20(28-29(21)24)16-4-2-1-3-5-16/h1-9,12,15,22-23H,10-11,13-14H2. The van der Waals surface area contributed by atoms with E-state index < -0.39 is 10.0 Å². The monoisotopic (exact) mass is 476 g/mol. The summed E-state index contributed by atoms with van der Waals surface area (Å²) in [5, 5.41) is 5.41. The number of hydrogen-bond acceptors (Lipinski definition) is 4. The van der Waals surface area contributed by atoms with Crippen LogP contribution in [0.15, 0.2) is 71.8 Å². The molecule has 0 radical (unpaired) electrons. The summed E-state index contributed by atoms with van der Waals surface area (Å²) in [4.78, 5) is 4.98. The second kappa shape index (κ2) is 6.65. The molecule has 1 aliphatic carbocycles. The minimum Gasteiger partial charge on any atom is -0.237 e. The minimum atomic E-state index is -3.66. The van der Waals surface area contributed by atoms with E-state index in [2.05, 4.69) is 4.98 Å². The number of aromatic nitrogens is 3. The van der Waals surface area contributed by atoms with Crippen LogP contribution in [0, 0.1) is 5.41 Å². The van der Waals surface area contributed by atoms with Crippen molar-refractivity contribution < 1.29 is 8.42 Å². The van der Waals surface area contributed by atoms with Crippen molar-refractivity contribution in [2.75, 3.05) is 0 Å². The van der Waals surface area contributed by atoms with Crippen molar-refractivity contribution in [1.82, 2.24) is 18.9 Å². The number of nitrogens with zero attached hydrogens (tertiary/aromatic N) is 4. The van der Waals surface area contributed by atoms with Gasteiger partial charge >= 0.3 is 0 Å². The number of hydrogen-bond donors (Lipinski definition) is 0. The molecule has 2 bridgehead atoms. The highest BCUT2D eigenvalue weighted by Gasteiger charge is 2.64. The first-order valence-electron chi connectivity index (χ1n) is 11.2. The summed E-state index contributed by atoms with van der Waals surface area (Å²) < 4.78 is 31.3. The second-order valence-corrected chi connectivity index (χ2v) is 11.7. The first kappa shape index (κ1) is 19.7. The lowest BCUT2D eigenvalue weighted by molar-refractivity contribution is 0.269. The molecule has 4 heterocycles. The minimum absolute atomic E-state index is 0.0604. The molecule has 33 heavy (non-hydrogen) atoms. The van der Waals surface area contributed by atoms with E-state index >= 15 is 0 Å². The lowest BCUT2D eigenvalue weighted by Gasteiger charge is -2.36. The fraction of sp³-hybridized carbons (Fsp3) is 0.280. The molecule has 2 aromatic heterocycles. The third-order valence-corrected chi connectivity index (χ3v) is 9.82. The van der Waals surface area contributed by atoms with Crippen LogP contribution in [0.1, 0.15) is 36.6 Å². The van der Waals surface area contributed by atoms with Crippen LogP contribution >= 0.6 is 11.6 Å². The quantitative estimate of drug-likeness (QED) is 0.422. The molecule has 2 atom stereocenters. The van der Waals surface area contributed by atoms with Gasteiger partial charge in [0.25, 0.3) is 0 Å². The number of halogens is 1. The molecule has 2 unspecified atom stereocenters. The fourth-order valence-electron chi connectivity index (χ4n) is 5.82. The molecule has 4 aromatic rings. The van der Waals surface area contributed by atoms with Crippen molar-refractivity contribution in [2.45, 2.75) is 42.7 Å². The smallest absolute Gasteiger partial charge is 0.237 e. The zero-order chi connectivity index (χ0) is 22.4.